The number of carbonyl (C=O) groups excluding carboxylic acids is 1. The molecule has 6 heteroatoms. The zero-order valence-corrected chi connectivity index (χ0v) is 17.5. The van der Waals surface area contributed by atoms with E-state index in [0.717, 1.165) is 29.1 Å². The average Bonchev–Trinajstić information content (AvgIpc) is 3.13. The molecule has 3 aromatic rings. The summed E-state index contributed by atoms with van der Waals surface area (Å²) in [5, 5.41) is 4.56. The highest BCUT2D eigenvalue weighted by Crippen LogP contribution is 2.23. The lowest BCUT2D eigenvalue weighted by Crippen LogP contribution is -2.37. The summed E-state index contributed by atoms with van der Waals surface area (Å²) in [4.78, 5) is 17.3. The molecule has 3 rings (SSSR count). The maximum absolute atomic E-state index is 13.4. The lowest BCUT2D eigenvalue weighted by atomic mass is 10.1. The van der Waals surface area contributed by atoms with Crippen LogP contribution in [-0.4, -0.2) is 59.8 Å². The number of likely N-dealkylation sites (N-methyl/N-ethyl adjacent to an activating group) is 1. The molecule has 1 amide bonds. The molecule has 0 radical (unpaired) electrons. The Hall–Kier alpha value is -3.12. The van der Waals surface area contributed by atoms with Crippen LogP contribution in [0.1, 0.15) is 16.1 Å². The summed E-state index contributed by atoms with van der Waals surface area (Å²) in [7, 11) is 7.47. The van der Waals surface area contributed by atoms with Gasteiger partial charge in [-0.05, 0) is 50.0 Å². The Kier molecular flexibility index (Phi) is 6.67. The minimum Gasteiger partial charge on any atom is -0.497 e. The Bertz CT molecular complexity index is 933. The number of aryl methyl sites for hydroxylation is 1. The van der Waals surface area contributed by atoms with E-state index in [4.69, 9.17) is 4.74 Å². The molecular formula is C23H28N4O2. The number of rotatable bonds is 8. The third-order valence-corrected chi connectivity index (χ3v) is 4.81. The van der Waals surface area contributed by atoms with Gasteiger partial charge in [0.05, 0.1) is 12.8 Å². The van der Waals surface area contributed by atoms with E-state index >= 15 is 0 Å². The van der Waals surface area contributed by atoms with Crippen molar-refractivity contribution in [3.05, 3.63) is 71.9 Å². The molecule has 1 aromatic heterocycles. The van der Waals surface area contributed by atoms with E-state index in [1.165, 1.54) is 0 Å². The maximum atomic E-state index is 13.4. The summed E-state index contributed by atoms with van der Waals surface area (Å²) in [6, 6.07) is 19.6. The standard InChI is InChI=1S/C23H28N4O2/c1-25(2)14-15-27(17-18-8-6-5-7-9-18)23(28)22-16-21(24-26(22)3)19-10-12-20(29-4)13-11-19/h5-13,16H,14-15,17H2,1-4H3. The van der Waals surface area contributed by atoms with Crippen LogP contribution >= 0.6 is 0 Å². The van der Waals surface area contributed by atoms with Crippen molar-refractivity contribution in [3.63, 3.8) is 0 Å². The summed E-state index contributed by atoms with van der Waals surface area (Å²) in [5.41, 5.74) is 3.40. The fourth-order valence-corrected chi connectivity index (χ4v) is 3.11. The van der Waals surface area contributed by atoms with E-state index in [-0.39, 0.29) is 5.91 Å². The van der Waals surface area contributed by atoms with E-state index in [0.29, 0.717) is 18.8 Å². The van der Waals surface area contributed by atoms with Gasteiger partial charge in [-0.15, -0.1) is 0 Å². The smallest absolute Gasteiger partial charge is 0.272 e. The van der Waals surface area contributed by atoms with Gasteiger partial charge in [0.15, 0.2) is 0 Å². The zero-order valence-electron chi connectivity index (χ0n) is 17.5. The molecule has 0 aliphatic rings. The van der Waals surface area contributed by atoms with Crippen molar-refractivity contribution in [1.29, 1.82) is 0 Å². The highest BCUT2D eigenvalue weighted by Gasteiger charge is 2.21. The summed E-state index contributed by atoms with van der Waals surface area (Å²) in [6.45, 7) is 2.00. The minimum absolute atomic E-state index is 0.0227. The maximum Gasteiger partial charge on any atom is 0.272 e. The average molecular weight is 393 g/mol. The number of hydrogen-bond acceptors (Lipinski definition) is 4. The van der Waals surface area contributed by atoms with Gasteiger partial charge in [-0.1, -0.05) is 30.3 Å². The van der Waals surface area contributed by atoms with Crippen molar-refractivity contribution >= 4 is 5.91 Å². The predicted molar refractivity (Wildman–Crippen MR) is 115 cm³/mol. The van der Waals surface area contributed by atoms with Gasteiger partial charge in [0.2, 0.25) is 0 Å². The van der Waals surface area contributed by atoms with Gasteiger partial charge >= 0.3 is 0 Å². The second-order valence-electron chi connectivity index (χ2n) is 7.28. The van der Waals surface area contributed by atoms with Crippen LogP contribution in [-0.2, 0) is 13.6 Å². The first kappa shape index (κ1) is 20.6. The van der Waals surface area contributed by atoms with Crippen molar-refractivity contribution < 1.29 is 9.53 Å². The lowest BCUT2D eigenvalue weighted by molar-refractivity contribution is 0.0721. The van der Waals surface area contributed by atoms with Crippen molar-refractivity contribution in [2.75, 3.05) is 34.3 Å². The molecule has 0 unspecified atom stereocenters. The lowest BCUT2D eigenvalue weighted by Gasteiger charge is -2.24. The first-order valence-electron chi connectivity index (χ1n) is 9.64. The van der Waals surface area contributed by atoms with Gasteiger partial charge in [-0.25, -0.2) is 0 Å². The summed E-state index contributed by atoms with van der Waals surface area (Å²) in [6.07, 6.45) is 0. The largest absolute Gasteiger partial charge is 0.497 e. The first-order chi connectivity index (χ1) is 14.0. The molecule has 2 aromatic carbocycles. The molecule has 0 spiro atoms. The van der Waals surface area contributed by atoms with Crippen LogP contribution < -0.4 is 4.74 Å². The second-order valence-corrected chi connectivity index (χ2v) is 7.28. The topological polar surface area (TPSA) is 50.6 Å². The quantitative estimate of drug-likeness (QED) is 0.590. The molecule has 6 nitrogen and oxygen atoms in total. The van der Waals surface area contributed by atoms with E-state index in [2.05, 4.69) is 10.00 Å². The number of aromatic nitrogens is 2. The van der Waals surface area contributed by atoms with Gasteiger partial charge in [-0.3, -0.25) is 9.48 Å². The van der Waals surface area contributed by atoms with Gasteiger partial charge < -0.3 is 14.5 Å². The van der Waals surface area contributed by atoms with Crippen LogP contribution in [0.3, 0.4) is 0 Å². The summed E-state index contributed by atoms with van der Waals surface area (Å²) in [5.74, 6) is 0.768. The van der Waals surface area contributed by atoms with E-state index < -0.39 is 0 Å². The van der Waals surface area contributed by atoms with Crippen LogP contribution in [0.25, 0.3) is 11.3 Å². The number of hydrogen-bond donors (Lipinski definition) is 0. The Morgan fingerprint density at radius 1 is 1.03 bits per heavy atom. The molecule has 0 saturated heterocycles. The Morgan fingerprint density at radius 3 is 2.34 bits per heavy atom. The molecule has 0 aliphatic carbocycles. The van der Waals surface area contributed by atoms with E-state index in [9.17, 15) is 4.79 Å². The molecule has 1 heterocycles. The SMILES string of the molecule is COc1ccc(-c2cc(C(=O)N(CCN(C)C)Cc3ccccc3)n(C)n2)cc1. The van der Waals surface area contributed by atoms with Gasteiger partial charge in [0, 0.05) is 32.2 Å². The fourth-order valence-electron chi connectivity index (χ4n) is 3.11. The number of ether oxygens (including phenoxy) is 1. The number of nitrogens with zero attached hydrogens (tertiary/aromatic N) is 4. The van der Waals surface area contributed by atoms with Crippen molar-refractivity contribution in [2.24, 2.45) is 7.05 Å². The molecule has 152 valence electrons. The zero-order chi connectivity index (χ0) is 20.8. The van der Waals surface area contributed by atoms with Gasteiger partial charge in [-0.2, -0.15) is 5.10 Å². The number of amides is 1. The summed E-state index contributed by atoms with van der Waals surface area (Å²) < 4.78 is 6.88. The molecule has 0 aliphatic heterocycles. The molecular weight excluding hydrogens is 364 g/mol. The van der Waals surface area contributed by atoms with Crippen molar-refractivity contribution in [2.45, 2.75) is 6.54 Å². The van der Waals surface area contributed by atoms with Crippen molar-refractivity contribution in [1.82, 2.24) is 19.6 Å². The molecule has 29 heavy (non-hydrogen) atoms. The van der Waals surface area contributed by atoms with Crippen LogP contribution in [0.4, 0.5) is 0 Å². The molecule has 0 N–H and O–H groups in total. The third kappa shape index (κ3) is 5.23. The number of methoxy groups -OCH3 is 1. The highest BCUT2D eigenvalue weighted by atomic mass is 16.5. The normalized spacial score (nSPS) is 10.9. The number of benzene rings is 2. The van der Waals surface area contributed by atoms with Crippen LogP contribution in [0.2, 0.25) is 0 Å². The van der Waals surface area contributed by atoms with Crippen LogP contribution in [0, 0.1) is 0 Å². The van der Waals surface area contributed by atoms with Crippen molar-refractivity contribution in [3.8, 4) is 17.0 Å². The van der Waals surface area contributed by atoms with Crippen LogP contribution in [0.15, 0.2) is 60.7 Å². The first-order valence-corrected chi connectivity index (χ1v) is 9.64. The third-order valence-electron chi connectivity index (χ3n) is 4.81. The molecule has 0 saturated carbocycles. The summed E-state index contributed by atoms with van der Waals surface area (Å²) >= 11 is 0. The number of carbonyl (C=O) groups is 1. The monoisotopic (exact) mass is 392 g/mol. The van der Waals surface area contributed by atoms with Gasteiger partial charge in [0.1, 0.15) is 11.4 Å². The van der Waals surface area contributed by atoms with E-state index in [1.807, 2.05) is 86.7 Å². The predicted octanol–water partition coefficient (Wildman–Crippen LogP) is 3.30. The minimum atomic E-state index is -0.0227. The van der Waals surface area contributed by atoms with E-state index in [1.54, 1.807) is 11.8 Å². The molecule has 0 bridgehead atoms. The Labute approximate surface area is 172 Å². The molecule has 0 atom stereocenters. The second kappa shape index (κ2) is 9.39. The van der Waals surface area contributed by atoms with Crippen LogP contribution in [0.5, 0.6) is 5.75 Å². The Balaban J connectivity index is 1.85. The van der Waals surface area contributed by atoms with Gasteiger partial charge in [0.25, 0.3) is 5.91 Å². The molecule has 0 fully saturated rings. The highest BCUT2D eigenvalue weighted by molar-refractivity contribution is 5.93. The Morgan fingerprint density at radius 2 is 1.72 bits per heavy atom. The fraction of sp³-hybridized carbons (Fsp3) is 0.304.